The van der Waals surface area contributed by atoms with Crippen LogP contribution >= 0.6 is 0 Å². The van der Waals surface area contributed by atoms with Crippen molar-refractivity contribution in [1.82, 2.24) is 24.9 Å². The van der Waals surface area contributed by atoms with Crippen molar-refractivity contribution in [3.63, 3.8) is 0 Å². The molecule has 2 amide bonds. The molecule has 0 saturated carbocycles. The molecule has 35 heavy (non-hydrogen) atoms. The minimum absolute atomic E-state index is 0.241. The third kappa shape index (κ3) is 5.23. The fourth-order valence-corrected chi connectivity index (χ4v) is 4.77. The molecule has 1 fully saturated rings. The summed E-state index contributed by atoms with van der Waals surface area (Å²) in [5.41, 5.74) is 1.67. The Balaban J connectivity index is 1.67. The number of carbonyl (C=O) groups excluding carboxylic acids is 2. The average Bonchev–Trinajstić information content (AvgIpc) is 3.16. The van der Waals surface area contributed by atoms with E-state index in [1.807, 2.05) is 27.8 Å². The summed E-state index contributed by atoms with van der Waals surface area (Å²) in [7, 11) is 1.94. The number of piperidine rings is 1. The molecule has 0 aliphatic carbocycles. The van der Waals surface area contributed by atoms with Gasteiger partial charge in [-0.25, -0.2) is 13.6 Å². The topological polar surface area (TPSA) is 90.7 Å². The predicted molar refractivity (Wildman–Crippen MR) is 127 cm³/mol. The zero-order chi connectivity index (χ0) is 25.5. The quantitative estimate of drug-likeness (QED) is 0.692. The van der Waals surface area contributed by atoms with E-state index in [4.69, 9.17) is 0 Å². The molecule has 0 unspecified atom stereocenters. The molecule has 0 bridgehead atoms. The van der Waals surface area contributed by atoms with Gasteiger partial charge in [-0.3, -0.25) is 4.79 Å². The molecule has 4 rings (SSSR count). The van der Waals surface area contributed by atoms with Gasteiger partial charge >= 0.3 is 6.03 Å². The summed E-state index contributed by atoms with van der Waals surface area (Å²) < 4.78 is 28.8. The number of aliphatic hydroxyl groups is 1. The number of benzene rings is 1. The van der Waals surface area contributed by atoms with Crippen LogP contribution in [0.2, 0.25) is 0 Å². The van der Waals surface area contributed by atoms with E-state index in [0.717, 1.165) is 17.7 Å². The van der Waals surface area contributed by atoms with Gasteiger partial charge in [-0.2, -0.15) is 9.78 Å². The lowest BCUT2D eigenvalue weighted by Crippen LogP contribution is -2.57. The van der Waals surface area contributed by atoms with Gasteiger partial charge in [0.2, 0.25) is 5.91 Å². The first-order valence-corrected chi connectivity index (χ1v) is 12.0. The van der Waals surface area contributed by atoms with E-state index in [1.54, 1.807) is 4.90 Å². The van der Waals surface area contributed by atoms with Gasteiger partial charge < -0.3 is 20.2 Å². The Morgan fingerprint density at radius 3 is 2.60 bits per heavy atom. The second-order valence-corrected chi connectivity index (χ2v) is 10.6. The summed E-state index contributed by atoms with van der Waals surface area (Å²) in [4.78, 5) is 30.5. The Kier molecular flexibility index (Phi) is 6.97. The highest BCUT2D eigenvalue weighted by atomic mass is 19.2. The Morgan fingerprint density at radius 2 is 1.94 bits per heavy atom. The number of β-amino-alcohol motifs (C(OH)–C–C–N with tert-alkyl or cyclic N) is 1. The van der Waals surface area contributed by atoms with Crippen molar-refractivity contribution in [3.8, 4) is 11.3 Å². The molecule has 190 valence electrons. The maximum absolute atomic E-state index is 14.0. The number of carbonyl (C=O) groups is 2. The van der Waals surface area contributed by atoms with Crippen LogP contribution in [0.4, 0.5) is 13.6 Å². The molecule has 2 aromatic rings. The number of hydrogen-bond acceptors (Lipinski definition) is 5. The first kappa shape index (κ1) is 25.2. The lowest BCUT2D eigenvalue weighted by Gasteiger charge is -2.37. The van der Waals surface area contributed by atoms with E-state index in [0.29, 0.717) is 55.8 Å². The molecule has 2 N–H and O–H groups in total. The summed E-state index contributed by atoms with van der Waals surface area (Å²) in [6, 6.07) is 2.19. The fourth-order valence-electron chi connectivity index (χ4n) is 4.77. The lowest BCUT2D eigenvalue weighted by atomic mass is 9.85. The van der Waals surface area contributed by atoms with Crippen LogP contribution in [0, 0.1) is 17.0 Å². The monoisotopic (exact) mass is 489 g/mol. The first-order valence-electron chi connectivity index (χ1n) is 12.0. The van der Waals surface area contributed by atoms with Crippen LogP contribution in [0.3, 0.4) is 0 Å². The molecule has 2 aliphatic rings. The maximum atomic E-state index is 14.0. The molecule has 1 aromatic carbocycles. The number of nitrogens with one attached hydrogen (secondary N) is 1. The van der Waals surface area contributed by atoms with Crippen molar-refractivity contribution in [1.29, 1.82) is 0 Å². The smallest absolute Gasteiger partial charge is 0.343 e. The standard InChI is InChI=1S/C25H33F2N5O3/c1-25(2,3)22(23(34)31-10-5-6-16(33)13-31)28-24(35)32-20-9-11-30(4)14-17(20)21(29-32)15-7-8-18(26)19(27)12-15/h7-8,12,16,22,33H,5-6,9-11,13-14H2,1-4H3,(H,28,35)/t16-,22-/m1/s1. The number of likely N-dealkylation sites (tertiary alicyclic amines) is 1. The summed E-state index contributed by atoms with van der Waals surface area (Å²) in [5, 5.41) is 17.4. The number of hydrogen-bond donors (Lipinski definition) is 2. The van der Waals surface area contributed by atoms with Crippen LogP contribution in [-0.2, 0) is 17.8 Å². The van der Waals surface area contributed by atoms with Crippen molar-refractivity contribution in [3.05, 3.63) is 41.1 Å². The number of likely N-dealkylation sites (N-methyl/N-ethyl adjacent to an activating group) is 1. The Morgan fingerprint density at radius 1 is 1.20 bits per heavy atom. The third-order valence-electron chi connectivity index (χ3n) is 6.72. The zero-order valence-electron chi connectivity index (χ0n) is 20.6. The van der Waals surface area contributed by atoms with Crippen molar-refractivity contribution in [2.24, 2.45) is 5.41 Å². The van der Waals surface area contributed by atoms with E-state index in [1.165, 1.54) is 10.7 Å². The van der Waals surface area contributed by atoms with Crippen LogP contribution in [0.25, 0.3) is 11.3 Å². The van der Waals surface area contributed by atoms with E-state index < -0.39 is 35.2 Å². The number of amides is 2. The second-order valence-electron chi connectivity index (χ2n) is 10.6. The lowest BCUT2D eigenvalue weighted by molar-refractivity contribution is -0.138. The number of aliphatic hydroxyl groups excluding tert-OH is 1. The van der Waals surface area contributed by atoms with Crippen LogP contribution in [0.15, 0.2) is 18.2 Å². The predicted octanol–water partition coefficient (Wildman–Crippen LogP) is 2.77. The summed E-state index contributed by atoms with van der Waals surface area (Å²) in [5.74, 6) is -2.18. The van der Waals surface area contributed by atoms with Crippen LogP contribution in [-0.4, -0.2) is 75.5 Å². The highest BCUT2D eigenvalue weighted by Gasteiger charge is 2.38. The number of rotatable bonds is 3. The highest BCUT2D eigenvalue weighted by molar-refractivity contribution is 5.89. The van der Waals surface area contributed by atoms with Gasteiger partial charge in [0.05, 0.1) is 17.5 Å². The minimum Gasteiger partial charge on any atom is -0.391 e. The van der Waals surface area contributed by atoms with Crippen molar-refractivity contribution in [2.75, 3.05) is 26.7 Å². The van der Waals surface area contributed by atoms with Crippen molar-refractivity contribution in [2.45, 2.75) is 58.7 Å². The second kappa shape index (κ2) is 9.66. The summed E-state index contributed by atoms with van der Waals surface area (Å²) >= 11 is 0. The average molecular weight is 490 g/mol. The Hall–Kier alpha value is -2.85. The fraction of sp³-hybridized carbons (Fsp3) is 0.560. The van der Waals surface area contributed by atoms with Gasteiger partial charge in [-0.15, -0.1) is 0 Å². The largest absolute Gasteiger partial charge is 0.391 e. The molecular formula is C25H33F2N5O3. The van der Waals surface area contributed by atoms with Crippen molar-refractivity contribution >= 4 is 11.9 Å². The van der Waals surface area contributed by atoms with Crippen molar-refractivity contribution < 1.29 is 23.5 Å². The molecule has 10 heteroatoms. The molecule has 2 aliphatic heterocycles. The first-order chi connectivity index (χ1) is 16.5. The van der Waals surface area contributed by atoms with Gasteiger partial charge in [-0.1, -0.05) is 20.8 Å². The van der Waals surface area contributed by atoms with Crippen LogP contribution in [0.1, 0.15) is 44.9 Å². The number of fused-ring (bicyclic) bond motifs is 1. The molecule has 0 radical (unpaired) electrons. The normalized spacial score (nSPS) is 19.9. The Labute approximate surface area is 203 Å². The van der Waals surface area contributed by atoms with Crippen LogP contribution in [0.5, 0.6) is 0 Å². The molecule has 0 spiro atoms. The van der Waals surface area contributed by atoms with E-state index in [9.17, 15) is 23.5 Å². The highest BCUT2D eigenvalue weighted by Crippen LogP contribution is 2.31. The molecule has 3 heterocycles. The van der Waals surface area contributed by atoms with E-state index in [-0.39, 0.29) is 12.5 Å². The van der Waals surface area contributed by atoms with E-state index >= 15 is 0 Å². The molecule has 8 nitrogen and oxygen atoms in total. The third-order valence-corrected chi connectivity index (χ3v) is 6.72. The zero-order valence-corrected chi connectivity index (χ0v) is 20.6. The summed E-state index contributed by atoms with van der Waals surface area (Å²) in [6.07, 6.45) is 1.33. The van der Waals surface area contributed by atoms with E-state index in [2.05, 4.69) is 15.3 Å². The maximum Gasteiger partial charge on any atom is 0.343 e. The number of nitrogens with zero attached hydrogens (tertiary/aromatic N) is 4. The van der Waals surface area contributed by atoms with Gasteiger partial charge in [-0.05, 0) is 43.5 Å². The molecular weight excluding hydrogens is 456 g/mol. The van der Waals surface area contributed by atoms with Crippen LogP contribution < -0.4 is 5.32 Å². The summed E-state index contributed by atoms with van der Waals surface area (Å²) in [6.45, 7) is 7.59. The van der Waals surface area contributed by atoms with Gasteiger partial charge in [0.15, 0.2) is 11.6 Å². The number of aromatic nitrogens is 2. The Bertz CT molecular complexity index is 1130. The van der Waals surface area contributed by atoms with Gasteiger partial charge in [0.25, 0.3) is 0 Å². The molecule has 2 atom stereocenters. The van der Waals surface area contributed by atoms with Gasteiger partial charge in [0, 0.05) is 43.7 Å². The molecule has 1 saturated heterocycles. The van der Waals surface area contributed by atoms with Gasteiger partial charge in [0.1, 0.15) is 6.04 Å². The minimum atomic E-state index is -0.985. The number of halogens is 2. The SMILES string of the molecule is CN1CCc2c(c(-c3ccc(F)c(F)c3)nn2C(=O)N[C@H](C(=O)N2CCC[C@@H](O)C2)C(C)(C)C)C1. The molecule has 1 aromatic heterocycles.